The SMILES string of the molecule is Cc1nc(-c2cccc(S(=O)(=O)N3CCC(C(=O)N4CCCCCC4)CC3)c2)no1. The first-order chi connectivity index (χ1) is 14.4. The third-order valence-corrected chi connectivity index (χ3v) is 7.87. The Morgan fingerprint density at radius 2 is 1.77 bits per heavy atom. The molecule has 0 radical (unpaired) electrons. The van der Waals surface area contributed by atoms with Crippen LogP contribution in [0.1, 0.15) is 44.4 Å². The molecule has 0 unspecified atom stereocenters. The van der Waals surface area contributed by atoms with Gasteiger partial charge in [0.1, 0.15) is 0 Å². The van der Waals surface area contributed by atoms with Crippen LogP contribution in [0.4, 0.5) is 0 Å². The second-order valence-electron chi connectivity index (χ2n) is 8.08. The lowest BCUT2D eigenvalue weighted by molar-refractivity contribution is -0.136. The van der Waals surface area contributed by atoms with Gasteiger partial charge < -0.3 is 9.42 Å². The van der Waals surface area contributed by atoms with Gasteiger partial charge in [0.05, 0.1) is 4.90 Å². The first-order valence-electron chi connectivity index (χ1n) is 10.6. The highest BCUT2D eigenvalue weighted by molar-refractivity contribution is 7.89. The summed E-state index contributed by atoms with van der Waals surface area (Å²) in [6, 6.07) is 6.60. The van der Waals surface area contributed by atoms with Crippen molar-refractivity contribution in [2.24, 2.45) is 5.92 Å². The van der Waals surface area contributed by atoms with Crippen molar-refractivity contribution in [3.05, 3.63) is 30.2 Å². The van der Waals surface area contributed by atoms with Gasteiger partial charge in [-0.25, -0.2) is 8.42 Å². The van der Waals surface area contributed by atoms with Crippen LogP contribution < -0.4 is 0 Å². The average molecular weight is 433 g/mol. The Bertz CT molecular complexity index is 988. The zero-order valence-corrected chi connectivity index (χ0v) is 18.1. The fourth-order valence-electron chi connectivity index (χ4n) is 4.25. The molecule has 1 aromatic carbocycles. The maximum atomic E-state index is 13.2. The van der Waals surface area contributed by atoms with Crippen LogP contribution >= 0.6 is 0 Å². The van der Waals surface area contributed by atoms with Gasteiger partial charge in [-0.15, -0.1) is 0 Å². The number of amides is 1. The number of likely N-dealkylation sites (tertiary alicyclic amines) is 1. The van der Waals surface area contributed by atoms with Gasteiger partial charge in [-0.2, -0.15) is 9.29 Å². The van der Waals surface area contributed by atoms with Crippen LogP contribution in [0.25, 0.3) is 11.4 Å². The van der Waals surface area contributed by atoms with Gasteiger partial charge in [-0.1, -0.05) is 30.1 Å². The summed E-state index contributed by atoms with van der Waals surface area (Å²) in [5, 5.41) is 3.87. The number of hydrogen-bond donors (Lipinski definition) is 0. The van der Waals surface area contributed by atoms with Gasteiger partial charge in [0.25, 0.3) is 0 Å². The lowest BCUT2D eigenvalue weighted by Gasteiger charge is -2.33. The number of benzene rings is 1. The molecule has 2 saturated heterocycles. The molecule has 1 amide bonds. The molecule has 0 N–H and O–H groups in total. The molecule has 162 valence electrons. The minimum Gasteiger partial charge on any atom is -0.342 e. The highest BCUT2D eigenvalue weighted by atomic mass is 32.2. The van der Waals surface area contributed by atoms with E-state index >= 15 is 0 Å². The van der Waals surface area contributed by atoms with Crippen molar-refractivity contribution in [2.45, 2.75) is 50.3 Å². The molecule has 0 spiro atoms. The van der Waals surface area contributed by atoms with Crippen LogP contribution in [0.2, 0.25) is 0 Å². The number of piperidine rings is 1. The Balaban J connectivity index is 1.43. The number of rotatable bonds is 4. The number of sulfonamides is 1. The van der Waals surface area contributed by atoms with Crippen molar-refractivity contribution in [1.82, 2.24) is 19.3 Å². The molecular weight excluding hydrogens is 404 g/mol. The van der Waals surface area contributed by atoms with E-state index in [4.69, 9.17) is 4.52 Å². The number of aromatic nitrogens is 2. The number of aryl methyl sites for hydroxylation is 1. The van der Waals surface area contributed by atoms with Crippen molar-refractivity contribution in [3.8, 4) is 11.4 Å². The minimum absolute atomic E-state index is 0.0804. The number of carbonyl (C=O) groups excluding carboxylic acids is 1. The Labute approximate surface area is 177 Å². The molecule has 2 aromatic rings. The van der Waals surface area contributed by atoms with Crippen molar-refractivity contribution in [2.75, 3.05) is 26.2 Å². The Hall–Kier alpha value is -2.26. The Kier molecular flexibility index (Phi) is 6.19. The molecule has 30 heavy (non-hydrogen) atoms. The lowest BCUT2D eigenvalue weighted by Crippen LogP contribution is -2.44. The molecule has 4 rings (SSSR count). The van der Waals surface area contributed by atoms with Crippen LogP contribution in [-0.4, -0.2) is 59.8 Å². The molecule has 3 heterocycles. The minimum atomic E-state index is -3.64. The molecule has 0 saturated carbocycles. The summed E-state index contributed by atoms with van der Waals surface area (Å²) in [7, 11) is -3.64. The zero-order valence-electron chi connectivity index (χ0n) is 17.3. The van der Waals surface area contributed by atoms with Crippen LogP contribution in [0.15, 0.2) is 33.7 Å². The third-order valence-electron chi connectivity index (χ3n) is 5.98. The predicted molar refractivity (Wildman–Crippen MR) is 111 cm³/mol. The van der Waals surface area contributed by atoms with E-state index in [1.165, 1.54) is 17.1 Å². The molecule has 2 fully saturated rings. The normalized spacial score (nSPS) is 19.6. The fraction of sp³-hybridized carbons (Fsp3) is 0.571. The maximum absolute atomic E-state index is 13.2. The van der Waals surface area contributed by atoms with E-state index in [0.29, 0.717) is 43.2 Å². The molecule has 9 heteroatoms. The third kappa shape index (κ3) is 4.41. The highest BCUT2D eigenvalue weighted by Crippen LogP contribution is 2.28. The molecule has 0 bridgehead atoms. The Morgan fingerprint density at radius 1 is 1.07 bits per heavy atom. The molecule has 2 aliphatic heterocycles. The summed E-state index contributed by atoms with van der Waals surface area (Å²) in [6.45, 7) is 4.07. The first-order valence-corrected chi connectivity index (χ1v) is 12.1. The van der Waals surface area contributed by atoms with E-state index in [0.717, 1.165) is 25.9 Å². The summed E-state index contributed by atoms with van der Waals surface area (Å²) in [4.78, 5) is 19.2. The number of hydrogen-bond acceptors (Lipinski definition) is 6. The van der Waals surface area contributed by atoms with Crippen molar-refractivity contribution in [3.63, 3.8) is 0 Å². The smallest absolute Gasteiger partial charge is 0.243 e. The molecule has 1 aromatic heterocycles. The van der Waals surface area contributed by atoms with Crippen molar-refractivity contribution < 1.29 is 17.7 Å². The molecule has 0 aliphatic carbocycles. The number of carbonyl (C=O) groups is 1. The van der Waals surface area contributed by atoms with Gasteiger partial charge in [0.2, 0.25) is 27.6 Å². The van der Waals surface area contributed by atoms with Gasteiger partial charge >= 0.3 is 0 Å². The summed E-state index contributed by atoms with van der Waals surface area (Å²) < 4.78 is 32.8. The summed E-state index contributed by atoms with van der Waals surface area (Å²) in [5.74, 6) is 0.910. The molecule has 8 nitrogen and oxygen atoms in total. The van der Waals surface area contributed by atoms with Crippen molar-refractivity contribution in [1.29, 1.82) is 0 Å². The Morgan fingerprint density at radius 3 is 2.40 bits per heavy atom. The maximum Gasteiger partial charge on any atom is 0.243 e. The molecular formula is C21H28N4O4S. The zero-order chi connectivity index (χ0) is 21.1. The van der Waals surface area contributed by atoms with Crippen LogP contribution in [0, 0.1) is 12.8 Å². The second-order valence-corrected chi connectivity index (χ2v) is 10.0. The van der Waals surface area contributed by atoms with Crippen LogP contribution in [0.5, 0.6) is 0 Å². The van der Waals surface area contributed by atoms with Crippen molar-refractivity contribution >= 4 is 15.9 Å². The van der Waals surface area contributed by atoms with Gasteiger partial charge in [0, 0.05) is 44.6 Å². The van der Waals surface area contributed by atoms with Gasteiger partial charge in [-0.05, 0) is 37.8 Å². The van der Waals surface area contributed by atoms with Gasteiger partial charge in [-0.3, -0.25) is 4.79 Å². The molecule has 0 atom stereocenters. The summed E-state index contributed by atoms with van der Waals surface area (Å²) >= 11 is 0. The topological polar surface area (TPSA) is 96.6 Å². The van der Waals surface area contributed by atoms with Crippen LogP contribution in [-0.2, 0) is 14.8 Å². The first kappa shape index (κ1) is 21.0. The fourth-order valence-corrected chi connectivity index (χ4v) is 5.77. The summed E-state index contributed by atoms with van der Waals surface area (Å²) in [6.07, 6.45) is 5.63. The standard InChI is InChI=1S/C21H28N4O4S/c1-16-22-20(23-29-16)18-7-6-8-19(15-18)30(27,28)25-13-9-17(10-14-25)21(26)24-11-4-2-3-5-12-24/h6-8,15,17H,2-5,9-14H2,1H3. The molecule has 2 aliphatic rings. The van der Waals surface area contributed by atoms with E-state index in [1.54, 1.807) is 31.2 Å². The van der Waals surface area contributed by atoms with E-state index in [1.807, 2.05) is 4.90 Å². The lowest BCUT2D eigenvalue weighted by atomic mass is 9.96. The number of nitrogens with zero attached hydrogens (tertiary/aromatic N) is 4. The average Bonchev–Trinajstić information content (AvgIpc) is 3.02. The van der Waals surface area contributed by atoms with E-state index in [9.17, 15) is 13.2 Å². The quantitative estimate of drug-likeness (QED) is 0.737. The highest BCUT2D eigenvalue weighted by Gasteiger charge is 2.34. The predicted octanol–water partition coefficient (Wildman–Crippen LogP) is 2.85. The second kappa shape index (κ2) is 8.85. The van der Waals surface area contributed by atoms with Gasteiger partial charge in [0.15, 0.2) is 0 Å². The van der Waals surface area contributed by atoms with E-state index < -0.39 is 10.0 Å². The monoisotopic (exact) mass is 432 g/mol. The van der Waals surface area contributed by atoms with Crippen LogP contribution in [0.3, 0.4) is 0 Å². The van der Waals surface area contributed by atoms with E-state index in [-0.39, 0.29) is 16.7 Å². The largest absolute Gasteiger partial charge is 0.342 e. The summed E-state index contributed by atoms with van der Waals surface area (Å²) in [5.41, 5.74) is 0.596. The van der Waals surface area contributed by atoms with E-state index in [2.05, 4.69) is 10.1 Å².